The first-order chi connectivity index (χ1) is 12.2. The maximum atomic E-state index is 13.0. The first-order valence-electron chi connectivity index (χ1n) is 8.63. The molecule has 4 rings (SSSR count). The van der Waals surface area contributed by atoms with Gasteiger partial charge in [-0.15, -0.1) is 0 Å². The zero-order valence-electron chi connectivity index (χ0n) is 13.9. The Bertz CT molecular complexity index is 802. The Labute approximate surface area is 145 Å². The first-order valence-corrected chi connectivity index (χ1v) is 8.63. The minimum absolute atomic E-state index is 0.00859. The number of nitrogens with zero attached hydrogens (tertiary/aromatic N) is 3. The van der Waals surface area contributed by atoms with Gasteiger partial charge in [-0.1, -0.05) is 18.9 Å². The number of nitrogen functional groups attached to an aromatic ring is 1. The smallest absolute Gasteiger partial charge is 0.265 e. The summed E-state index contributed by atoms with van der Waals surface area (Å²) in [4.78, 5) is 26.7. The quantitative estimate of drug-likeness (QED) is 0.505. The van der Waals surface area contributed by atoms with Gasteiger partial charge in [0.1, 0.15) is 0 Å². The Morgan fingerprint density at radius 1 is 1.24 bits per heavy atom. The van der Waals surface area contributed by atoms with Gasteiger partial charge in [0.15, 0.2) is 0 Å². The van der Waals surface area contributed by atoms with Gasteiger partial charge >= 0.3 is 0 Å². The van der Waals surface area contributed by atoms with E-state index < -0.39 is 0 Å². The number of rotatable bonds is 3. The van der Waals surface area contributed by atoms with E-state index in [0.717, 1.165) is 31.2 Å². The molecule has 0 bridgehead atoms. The van der Waals surface area contributed by atoms with Crippen LogP contribution >= 0.6 is 0 Å². The van der Waals surface area contributed by atoms with Crippen LogP contribution in [0.15, 0.2) is 36.7 Å². The Kier molecular flexibility index (Phi) is 4.01. The van der Waals surface area contributed by atoms with Crippen LogP contribution in [0.3, 0.4) is 0 Å². The molecule has 2 aliphatic rings. The number of aromatic nitrogens is 2. The summed E-state index contributed by atoms with van der Waals surface area (Å²) in [6.45, 7) is 0.584. The highest BCUT2D eigenvalue weighted by molar-refractivity contribution is 6.02. The number of hydrogen-bond acceptors (Lipinski definition) is 4. The zero-order valence-corrected chi connectivity index (χ0v) is 13.9. The van der Waals surface area contributed by atoms with Crippen molar-refractivity contribution < 1.29 is 9.59 Å². The number of nitrogens with two attached hydrogens (primary N) is 1. The average molecular weight is 339 g/mol. The van der Waals surface area contributed by atoms with E-state index in [2.05, 4.69) is 10.5 Å². The van der Waals surface area contributed by atoms with Crippen LogP contribution in [0.1, 0.15) is 58.0 Å². The van der Waals surface area contributed by atoms with Gasteiger partial charge in [0.25, 0.3) is 11.8 Å². The molecule has 1 aliphatic heterocycles. The van der Waals surface area contributed by atoms with Crippen LogP contribution < -0.4 is 11.3 Å². The second kappa shape index (κ2) is 6.33. The van der Waals surface area contributed by atoms with Crippen LogP contribution in [0.2, 0.25) is 0 Å². The molecule has 1 aliphatic carbocycles. The molecule has 2 atom stereocenters. The molecule has 2 heterocycles. The van der Waals surface area contributed by atoms with Gasteiger partial charge in [0.2, 0.25) is 0 Å². The van der Waals surface area contributed by atoms with Crippen molar-refractivity contribution in [1.29, 1.82) is 0 Å². The van der Waals surface area contributed by atoms with Gasteiger partial charge in [0, 0.05) is 30.1 Å². The van der Waals surface area contributed by atoms with Crippen LogP contribution in [0.5, 0.6) is 0 Å². The van der Waals surface area contributed by atoms with Gasteiger partial charge in [0.05, 0.1) is 12.1 Å². The summed E-state index contributed by atoms with van der Waals surface area (Å²) in [5, 5.41) is 4.40. The number of benzene rings is 1. The largest absolute Gasteiger partial charge is 0.329 e. The molecule has 3 N–H and O–H groups in total. The second-order valence-electron chi connectivity index (χ2n) is 6.68. The van der Waals surface area contributed by atoms with Crippen LogP contribution in [-0.4, -0.2) is 32.5 Å². The van der Waals surface area contributed by atoms with Crippen LogP contribution in [0.4, 0.5) is 0 Å². The number of hydrogen-bond donors (Lipinski definition) is 2. The van der Waals surface area contributed by atoms with E-state index in [4.69, 9.17) is 5.84 Å². The molecule has 7 nitrogen and oxygen atoms in total. The molecule has 130 valence electrons. The molecule has 2 amide bonds. The molecule has 1 saturated carbocycles. The Hall–Kier alpha value is -2.67. The number of carbonyl (C=O) groups excluding carboxylic acids is 2. The maximum absolute atomic E-state index is 13.0. The van der Waals surface area contributed by atoms with Crippen molar-refractivity contribution in [1.82, 2.24) is 20.1 Å². The van der Waals surface area contributed by atoms with Gasteiger partial charge in [-0.25, -0.2) is 5.84 Å². The molecule has 1 fully saturated rings. The summed E-state index contributed by atoms with van der Waals surface area (Å²) in [7, 11) is 0. The van der Waals surface area contributed by atoms with Crippen LogP contribution in [0.25, 0.3) is 0 Å². The van der Waals surface area contributed by atoms with Gasteiger partial charge in [-0.05, 0) is 36.6 Å². The normalized spacial score (nSPS) is 22.8. The highest BCUT2D eigenvalue weighted by Gasteiger charge is 2.39. The molecule has 0 spiro atoms. The highest BCUT2D eigenvalue weighted by atomic mass is 16.2. The van der Waals surface area contributed by atoms with E-state index in [1.807, 2.05) is 27.9 Å². The zero-order chi connectivity index (χ0) is 17.4. The van der Waals surface area contributed by atoms with Gasteiger partial charge in [-0.2, -0.15) is 5.10 Å². The molecule has 2 aromatic rings. The third-order valence-corrected chi connectivity index (χ3v) is 5.29. The molecule has 0 saturated heterocycles. The molecule has 25 heavy (non-hydrogen) atoms. The van der Waals surface area contributed by atoms with E-state index in [-0.39, 0.29) is 23.9 Å². The van der Waals surface area contributed by atoms with Crippen LogP contribution in [-0.2, 0) is 6.54 Å². The third kappa shape index (κ3) is 2.70. The number of carbonyl (C=O) groups is 2. The van der Waals surface area contributed by atoms with Crippen molar-refractivity contribution in [3.05, 3.63) is 53.3 Å². The summed E-state index contributed by atoms with van der Waals surface area (Å²) >= 11 is 0. The highest BCUT2D eigenvalue weighted by Crippen LogP contribution is 2.36. The predicted octanol–water partition coefficient (Wildman–Crippen LogP) is 1.63. The van der Waals surface area contributed by atoms with Crippen molar-refractivity contribution >= 4 is 11.8 Å². The van der Waals surface area contributed by atoms with Crippen molar-refractivity contribution in [3.63, 3.8) is 0 Å². The lowest BCUT2D eigenvalue weighted by molar-refractivity contribution is 0.0559. The lowest BCUT2D eigenvalue weighted by Crippen LogP contribution is -2.43. The number of nitrogens with one attached hydrogen (secondary N) is 1. The van der Waals surface area contributed by atoms with Gasteiger partial charge < -0.3 is 4.90 Å². The van der Waals surface area contributed by atoms with E-state index >= 15 is 0 Å². The van der Waals surface area contributed by atoms with Gasteiger partial charge in [-0.3, -0.25) is 19.7 Å². The molecule has 1 aromatic heterocycles. The van der Waals surface area contributed by atoms with Crippen molar-refractivity contribution in [2.24, 2.45) is 5.84 Å². The molecular weight excluding hydrogens is 318 g/mol. The van der Waals surface area contributed by atoms with Crippen molar-refractivity contribution in [3.8, 4) is 0 Å². The summed E-state index contributed by atoms with van der Waals surface area (Å²) in [5.74, 6) is 4.80. The number of hydrazine groups is 1. The Balaban J connectivity index is 1.63. The third-order valence-electron chi connectivity index (χ3n) is 5.29. The predicted molar refractivity (Wildman–Crippen MR) is 91.5 cm³/mol. The molecular formula is C18H21N5O2. The fourth-order valence-corrected chi connectivity index (χ4v) is 4.06. The summed E-state index contributed by atoms with van der Waals surface area (Å²) in [6.07, 6.45) is 8.01. The number of amides is 2. The average Bonchev–Trinajstić information content (AvgIpc) is 3.29. The summed E-state index contributed by atoms with van der Waals surface area (Å²) in [6, 6.07) is 7.46. The van der Waals surface area contributed by atoms with E-state index in [9.17, 15) is 9.59 Å². The number of fused-ring (bicyclic) bond motifs is 1. The van der Waals surface area contributed by atoms with Crippen LogP contribution in [0, 0.1) is 0 Å². The molecule has 1 aromatic carbocycles. The lowest BCUT2D eigenvalue weighted by atomic mass is 9.89. The monoisotopic (exact) mass is 339 g/mol. The molecule has 7 heteroatoms. The minimum atomic E-state index is -0.388. The molecule has 2 unspecified atom stereocenters. The lowest BCUT2D eigenvalue weighted by Gasteiger charge is -2.38. The van der Waals surface area contributed by atoms with Crippen molar-refractivity contribution in [2.75, 3.05) is 0 Å². The topological polar surface area (TPSA) is 93.2 Å². The standard InChI is InChI=1S/C18H21N5O2/c19-21-17(24)12-6-7-13-11-22(18(25)14(13)10-12)15-4-1-2-5-16(15)23-9-3-8-20-23/h3,6-10,15-16H,1-2,4-5,11,19H2,(H,21,24). The Morgan fingerprint density at radius 3 is 2.76 bits per heavy atom. The maximum Gasteiger partial charge on any atom is 0.265 e. The van der Waals surface area contributed by atoms with Crippen molar-refractivity contribution in [2.45, 2.75) is 44.3 Å². The second-order valence-corrected chi connectivity index (χ2v) is 6.68. The van der Waals surface area contributed by atoms with E-state index in [1.54, 1.807) is 18.3 Å². The summed E-state index contributed by atoms with van der Waals surface area (Å²) < 4.78 is 1.98. The summed E-state index contributed by atoms with van der Waals surface area (Å²) in [5.41, 5.74) is 4.08. The van der Waals surface area contributed by atoms with E-state index in [0.29, 0.717) is 17.7 Å². The SMILES string of the molecule is NNC(=O)c1ccc2c(c1)C(=O)N(C1CCCCC1n1cccn1)C2. The van der Waals surface area contributed by atoms with E-state index in [1.165, 1.54) is 0 Å². The fourth-order valence-electron chi connectivity index (χ4n) is 4.06. The Morgan fingerprint density at radius 2 is 2.04 bits per heavy atom. The first kappa shape index (κ1) is 15.8. The minimum Gasteiger partial charge on any atom is -0.329 e. The fraction of sp³-hybridized carbons (Fsp3) is 0.389. The molecule has 0 radical (unpaired) electrons.